The van der Waals surface area contributed by atoms with Gasteiger partial charge in [0.1, 0.15) is 0 Å². The van der Waals surface area contributed by atoms with Crippen LogP contribution in [0.5, 0.6) is 0 Å². The number of aliphatic carboxylic acids is 1. The summed E-state index contributed by atoms with van der Waals surface area (Å²) in [6, 6.07) is 7.89. The van der Waals surface area contributed by atoms with Gasteiger partial charge in [-0.1, -0.05) is 34.1 Å². The van der Waals surface area contributed by atoms with Crippen LogP contribution in [0.15, 0.2) is 28.7 Å². The average molecular weight is 287 g/mol. The van der Waals surface area contributed by atoms with E-state index < -0.39 is 5.97 Å². The summed E-state index contributed by atoms with van der Waals surface area (Å²) in [5.74, 6) is 0.846. The Hall–Kier alpha value is -0.480. The predicted octanol–water partition coefficient (Wildman–Crippen LogP) is 2.98. The number of hydrogen-bond acceptors (Lipinski definition) is 2. The minimum atomic E-state index is -0.680. The molecule has 2 rings (SSSR count). The van der Waals surface area contributed by atoms with E-state index in [4.69, 9.17) is 5.11 Å². The SMILES string of the molecule is O=C(O)C1CSCC1c1ccccc1Br. The second-order valence-corrected chi connectivity index (χ2v) is 5.54. The summed E-state index contributed by atoms with van der Waals surface area (Å²) >= 11 is 5.20. The summed E-state index contributed by atoms with van der Waals surface area (Å²) in [5.41, 5.74) is 1.12. The minimum absolute atomic E-state index is 0.142. The van der Waals surface area contributed by atoms with Gasteiger partial charge in [0.05, 0.1) is 5.92 Å². The summed E-state index contributed by atoms with van der Waals surface area (Å²) in [7, 11) is 0. The van der Waals surface area contributed by atoms with Gasteiger partial charge in [-0.2, -0.15) is 11.8 Å². The van der Waals surface area contributed by atoms with Crippen molar-refractivity contribution in [2.45, 2.75) is 5.92 Å². The first-order chi connectivity index (χ1) is 7.20. The maximum Gasteiger partial charge on any atom is 0.307 e. The van der Waals surface area contributed by atoms with E-state index in [1.807, 2.05) is 24.3 Å². The zero-order valence-corrected chi connectivity index (χ0v) is 10.4. The highest BCUT2D eigenvalue weighted by atomic mass is 79.9. The molecule has 15 heavy (non-hydrogen) atoms. The molecule has 1 aliphatic heterocycles. The number of carboxylic acids is 1. The topological polar surface area (TPSA) is 37.3 Å². The molecule has 1 aliphatic rings. The molecule has 1 heterocycles. The van der Waals surface area contributed by atoms with Crippen molar-refractivity contribution in [3.63, 3.8) is 0 Å². The second-order valence-electron chi connectivity index (χ2n) is 3.61. The van der Waals surface area contributed by atoms with Gasteiger partial charge in [-0.3, -0.25) is 4.79 Å². The Bertz CT molecular complexity index is 381. The number of thioether (sulfide) groups is 1. The molecule has 0 saturated carbocycles. The van der Waals surface area contributed by atoms with Gasteiger partial charge >= 0.3 is 5.97 Å². The summed E-state index contributed by atoms with van der Waals surface area (Å²) in [6.07, 6.45) is 0. The van der Waals surface area contributed by atoms with E-state index in [0.29, 0.717) is 0 Å². The van der Waals surface area contributed by atoms with Crippen molar-refractivity contribution in [2.24, 2.45) is 5.92 Å². The molecule has 4 heteroatoms. The predicted molar refractivity (Wildman–Crippen MR) is 65.3 cm³/mol. The van der Waals surface area contributed by atoms with Gasteiger partial charge in [-0.15, -0.1) is 0 Å². The number of hydrogen-bond donors (Lipinski definition) is 1. The Morgan fingerprint density at radius 2 is 2.13 bits per heavy atom. The van der Waals surface area contributed by atoms with Crippen LogP contribution in [0.4, 0.5) is 0 Å². The monoisotopic (exact) mass is 286 g/mol. The van der Waals surface area contributed by atoms with Crippen LogP contribution in [-0.2, 0) is 4.79 Å². The normalized spacial score (nSPS) is 25.4. The van der Waals surface area contributed by atoms with E-state index in [2.05, 4.69) is 15.9 Å². The first-order valence-electron chi connectivity index (χ1n) is 4.75. The van der Waals surface area contributed by atoms with Crippen LogP contribution in [0, 0.1) is 5.92 Å². The molecule has 1 aromatic rings. The van der Waals surface area contributed by atoms with Gasteiger partial charge in [-0.25, -0.2) is 0 Å². The van der Waals surface area contributed by atoms with Crippen LogP contribution in [0.1, 0.15) is 11.5 Å². The van der Waals surface area contributed by atoms with Gasteiger partial charge in [-0.05, 0) is 11.6 Å². The van der Waals surface area contributed by atoms with Crippen molar-refractivity contribution in [2.75, 3.05) is 11.5 Å². The first kappa shape index (κ1) is 11.0. The molecule has 1 N–H and O–H groups in total. The molecule has 0 bridgehead atoms. The van der Waals surface area contributed by atoms with Crippen molar-refractivity contribution in [1.82, 2.24) is 0 Å². The number of carboxylic acid groups (broad SMARTS) is 1. The number of halogens is 1. The molecule has 0 spiro atoms. The van der Waals surface area contributed by atoms with Crippen molar-refractivity contribution < 1.29 is 9.90 Å². The molecule has 1 aromatic carbocycles. The van der Waals surface area contributed by atoms with Crippen LogP contribution < -0.4 is 0 Å². The Balaban J connectivity index is 2.30. The molecule has 0 amide bonds. The maximum absolute atomic E-state index is 11.1. The highest BCUT2D eigenvalue weighted by Crippen LogP contribution is 2.40. The van der Waals surface area contributed by atoms with Crippen LogP contribution in [0.3, 0.4) is 0 Å². The van der Waals surface area contributed by atoms with Crippen molar-refractivity contribution >= 4 is 33.7 Å². The Morgan fingerprint density at radius 1 is 1.40 bits per heavy atom. The standard InChI is InChI=1S/C11H11BrO2S/c12-10-4-2-1-3-7(10)8-5-15-6-9(8)11(13)14/h1-4,8-9H,5-6H2,(H,13,14). The molecule has 0 aromatic heterocycles. The molecule has 80 valence electrons. The largest absolute Gasteiger partial charge is 0.481 e. The lowest BCUT2D eigenvalue weighted by Gasteiger charge is -2.16. The number of rotatable bonds is 2. The van der Waals surface area contributed by atoms with Crippen LogP contribution >= 0.6 is 27.7 Å². The fourth-order valence-corrected chi connectivity index (χ4v) is 3.89. The van der Waals surface area contributed by atoms with E-state index in [-0.39, 0.29) is 11.8 Å². The third kappa shape index (κ3) is 2.21. The van der Waals surface area contributed by atoms with Crippen molar-refractivity contribution in [1.29, 1.82) is 0 Å². The first-order valence-corrected chi connectivity index (χ1v) is 6.70. The molecule has 2 atom stereocenters. The molecular weight excluding hydrogens is 276 g/mol. The minimum Gasteiger partial charge on any atom is -0.481 e. The fourth-order valence-electron chi connectivity index (χ4n) is 1.88. The average Bonchev–Trinajstić information content (AvgIpc) is 2.67. The molecule has 1 saturated heterocycles. The van der Waals surface area contributed by atoms with Gasteiger partial charge < -0.3 is 5.11 Å². The summed E-state index contributed by atoms with van der Waals surface area (Å²) in [4.78, 5) is 11.1. The summed E-state index contributed by atoms with van der Waals surface area (Å²) in [5, 5.41) is 9.11. The Labute approximate surface area is 101 Å². The highest BCUT2D eigenvalue weighted by Gasteiger charge is 2.35. The third-order valence-electron chi connectivity index (χ3n) is 2.70. The van der Waals surface area contributed by atoms with Crippen LogP contribution in [0.2, 0.25) is 0 Å². The van der Waals surface area contributed by atoms with Crippen molar-refractivity contribution in [3.8, 4) is 0 Å². The lowest BCUT2D eigenvalue weighted by Crippen LogP contribution is -2.20. The van der Waals surface area contributed by atoms with Crippen molar-refractivity contribution in [3.05, 3.63) is 34.3 Å². The maximum atomic E-state index is 11.1. The van der Waals surface area contributed by atoms with Crippen LogP contribution in [0.25, 0.3) is 0 Å². The van der Waals surface area contributed by atoms with E-state index in [0.717, 1.165) is 21.5 Å². The molecular formula is C11H11BrO2S. The van der Waals surface area contributed by atoms with Crippen LogP contribution in [-0.4, -0.2) is 22.6 Å². The second kappa shape index (κ2) is 4.58. The number of benzene rings is 1. The molecule has 0 aliphatic carbocycles. The Morgan fingerprint density at radius 3 is 2.80 bits per heavy atom. The smallest absolute Gasteiger partial charge is 0.307 e. The number of carbonyl (C=O) groups is 1. The zero-order chi connectivity index (χ0) is 10.8. The van der Waals surface area contributed by atoms with E-state index in [9.17, 15) is 4.79 Å². The molecule has 0 radical (unpaired) electrons. The lowest BCUT2D eigenvalue weighted by molar-refractivity contribution is -0.141. The zero-order valence-electron chi connectivity index (χ0n) is 8.02. The highest BCUT2D eigenvalue weighted by molar-refractivity contribution is 9.10. The van der Waals surface area contributed by atoms with Gasteiger partial charge in [0.15, 0.2) is 0 Å². The fraction of sp³-hybridized carbons (Fsp3) is 0.364. The van der Waals surface area contributed by atoms with E-state index >= 15 is 0 Å². The molecule has 1 fully saturated rings. The molecule has 2 unspecified atom stereocenters. The summed E-state index contributed by atoms with van der Waals surface area (Å²) in [6.45, 7) is 0. The molecule has 2 nitrogen and oxygen atoms in total. The lowest BCUT2D eigenvalue weighted by atomic mass is 9.89. The van der Waals surface area contributed by atoms with Gasteiger partial charge in [0.25, 0.3) is 0 Å². The summed E-state index contributed by atoms with van der Waals surface area (Å²) < 4.78 is 1.02. The third-order valence-corrected chi connectivity index (χ3v) is 4.61. The van der Waals surface area contributed by atoms with E-state index in [1.54, 1.807) is 11.8 Å². The van der Waals surface area contributed by atoms with E-state index in [1.165, 1.54) is 0 Å². The van der Waals surface area contributed by atoms with Gasteiger partial charge in [0.2, 0.25) is 0 Å². The Kier molecular flexibility index (Phi) is 3.36. The van der Waals surface area contributed by atoms with Gasteiger partial charge in [0, 0.05) is 21.9 Å². The quantitative estimate of drug-likeness (QED) is 0.908.